The minimum absolute atomic E-state index is 0.299. The van der Waals surface area contributed by atoms with Crippen molar-refractivity contribution in [3.63, 3.8) is 0 Å². The Bertz CT molecular complexity index is 449. The van der Waals surface area contributed by atoms with Crippen LogP contribution < -0.4 is 21.1 Å². The second kappa shape index (κ2) is 7.25. The fraction of sp³-hybridized carbons (Fsp3) is 0.385. The number of hydrogen-bond acceptors (Lipinski definition) is 3. The molecule has 19 heavy (non-hydrogen) atoms. The van der Waals surface area contributed by atoms with E-state index in [0.29, 0.717) is 13.2 Å². The second-order valence-corrected chi connectivity index (χ2v) is 4.19. The van der Waals surface area contributed by atoms with Gasteiger partial charge in [0.15, 0.2) is 0 Å². The topological polar surface area (TPSA) is 93.4 Å². The molecule has 0 aliphatic carbocycles. The molecule has 0 aromatic heterocycles. The zero-order valence-corrected chi connectivity index (χ0v) is 11.1. The van der Waals surface area contributed by atoms with Gasteiger partial charge in [0, 0.05) is 0 Å². The highest BCUT2D eigenvalue weighted by atomic mass is 16.5. The van der Waals surface area contributed by atoms with Crippen LogP contribution in [0.2, 0.25) is 0 Å². The summed E-state index contributed by atoms with van der Waals surface area (Å²) in [7, 11) is 0. The van der Waals surface area contributed by atoms with Crippen molar-refractivity contribution in [2.75, 3.05) is 13.2 Å². The van der Waals surface area contributed by atoms with Crippen molar-refractivity contribution in [3.8, 4) is 5.75 Å². The molecule has 1 aromatic rings. The Morgan fingerprint density at radius 2 is 2.16 bits per heavy atom. The number of primary amides is 1. The van der Waals surface area contributed by atoms with Gasteiger partial charge in [-0.3, -0.25) is 4.79 Å². The highest BCUT2D eigenvalue weighted by molar-refractivity contribution is 5.86. The Kier molecular flexibility index (Phi) is 5.66. The lowest BCUT2D eigenvalue weighted by Gasteiger charge is -2.13. The van der Waals surface area contributed by atoms with Crippen LogP contribution >= 0.6 is 0 Å². The van der Waals surface area contributed by atoms with Crippen molar-refractivity contribution in [3.05, 3.63) is 29.8 Å². The van der Waals surface area contributed by atoms with Crippen LogP contribution in [0.5, 0.6) is 5.75 Å². The summed E-state index contributed by atoms with van der Waals surface area (Å²) >= 11 is 0. The summed E-state index contributed by atoms with van der Waals surface area (Å²) in [6, 6.07) is 6.27. The van der Waals surface area contributed by atoms with E-state index in [1.165, 1.54) is 0 Å². The maximum absolute atomic E-state index is 11.5. The van der Waals surface area contributed by atoms with Gasteiger partial charge in [0.25, 0.3) is 0 Å². The maximum Gasteiger partial charge on any atom is 0.312 e. The van der Waals surface area contributed by atoms with E-state index >= 15 is 0 Å². The number of carbonyl (C=O) groups is 2. The molecule has 0 bridgehead atoms. The standard InChI is InChI=1S/C13H19N3O3/c1-9-4-3-5-11(8-9)19-7-6-15-12(17)10(2)16-13(14)18/h3-5,8,10H,6-7H2,1-2H3,(H,15,17)(H3,14,16,18). The molecule has 0 fully saturated rings. The highest BCUT2D eigenvalue weighted by Gasteiger charge is 2.12. The van der Waals surface area contributed by atoms with Gasteiger partial charge < -0.3 is 21.1 Å². The molecule has 1 atom stereocenters. The molecule has 0 spiro atoms. The Balaban J connectivity index is 2.23. The third kappa shape index (κ3) is 5.76. The van der Waals surface area contributed by atoms with Gasteiger partial charge in [-0.25, -0.2) is 4.79 Å². The monoisotopic (exact) mass is 265 g/mol. The average molecular weight is 265 g/mol. The second-order valence-electron chi connectivity index (χ2n) is 4.19. The molecule has 0 aliphatic rings. The minimum atomic E-state index is -0.723. The number of carbonyl (C=O) groups excluding carboxylic acids is 2. The lowest BCUT2D eigenvalue weighted by Crippen LogP contribution is -2.47. The predicted octanol–water partition coefficient (Wildman–Crippen LogP) is 0.547. The number of nitrogens with two attached hydrogens (primary N) is 1. The summed E-state index contributed by atoms with van der Waals surface area (Å²) in [6.07, 6.45) is 0. The molecule has 0 heterocycles. The minimum Gasteiger partial charge on any atom is -0.492 e. The van der Waals surface area contributed by atoms with Gasteiger partial charge in [0.1, 0.15) is 18.4 Å². The molecule has 4 N–H and O–H groups in total. The van der Waals surface area contributed by atoms with Crippen molar-refractivity contribution < 1.29 is 14.3 Å². The molecule has 3 amide bonds. The number of benzene rings is 1. The molecule has 1 unspecified atom stereocenters. The molecule has 1 rings (SSSR count). The van der Waals surface area contributed by atoms with E-state index in [-0.39, 0.29) is 5.91 Å². The van der Waals surface area contributed by atoms with Gasteiger partial charge in [0.2, 0.25) is 5.91 Å². The molecule has 0 aliphatic heterocycles. The number of ether oxygens (including phenoxy) is 1. The summed E-state index contributed by atoms with van der Waals surface area (Å²) < 4.78 is 5.47. The third-order valence-corrected chi connectivity index (χ3v) is 2.41. The number of aryl methyl sites for hydroxylation is 1. The van der Waals surface area contributed by atoms with Crippen molar-refractivity contribution in [1.29, 1.82) is 0 Å². The molecule has 0 saturated heterocycles. The molecule has 0 saturated carbocycles. The maximum atomic E-state index is 11.5. The average Bonchev–Trinajstić information content (AvgIpc) is 2.33. The van der Waals surface area contributed by atoms with Crippen molar-refractivity contribution in [2.45, 2.75) is 19.9 Å². The fourth-order valence-electron chi connectivity index (χ4n) is 1.48. The van der Waals surface area contributed by atoms with Crippen LogP contribution in [0.15, 0.2) is 24.3 Å². The first-order valence-electron chi connectivity index (χ1n) is 6.02. The molecule has 6 nitrogen and oxygen atoms in total. The van der Waals surface area contributed by atoms with Gasteiger partial charge >= 0.3 is 6.03 Å². The van der Waals surface area contributed by atoms with Gasteiger partial charge in [0.05, 0.1) is 6.54 Å². The van der Waals surface area contributed by atoms with Crippen LogP contribution in [0.1, 0.15) is 12.5 Å². The van der Waals surface area contributed by atoms with Crippen LogP contribution in [0.4, 0.5) is 4.79 Å². The van der Waals surface area contributed by atoms with Crippen LogP contribution in [-0.2, 0) is 4.79 Å². The molecule has 1 aromatic carbocycles. The van der Waals surface area contributed by atoms with E-state index in [1.54, 1.807) is 6.92 Å². The van der Waals surface area contributed by atoms with Crippen LogP contribution in [0, 0.1) is 6.92 Å². The lowest BCUT2D eigenvalue weighted by atomic mass is 10.2. The molecule has 104 valence electrons. The first kappa shape index (κ1) is 14.8. The van der Waals surface area contributed by atoms with Gasteiger partial charge in [-0.15, -0.1) is 0 Å². The van der Waals surface area contributed by atoms with Crippen molar-refractivity contribution >= 4 is 11.9 Å². The van der Waals surface area contributed by atoms with Gasteiger partial charge in [-0.05, 0) is 31.5 Å². The Morgan fingerprint density at radius 3 is 2.79 bits per heavy atom. The summed E-state index contributed by atoms with van der Waals surface area (Å²) in [4.78, 5) is 22.1. The highest BCUT2D eigenvalue weighted by Crippen LogP contribution is 2.11. The van der Waals surface area contributed by atoms with E-state index in [0.717, 1.165) is 11.3 Å². The zero-order valence-electron chi connectivity index (χ0n) is 11.1. The van der Waals surface area contributed by atoms with E-state index in [9.17, 15) is 9.59 Å². The zero-order chi connectivity index (χ0) is 14.3. The quantitative estimate of drug-likeness (QED) is 0.655. The van der Waals surface area contributed by atoms with Crippen molar-refractivity contribution in [1.82, 2.24) is 10.6 Å². The summed E-state index contributed by atoms with van der Waals surface area (Å²) in [5, 5.41) is 4.93. The SMILES string of the molecule is Cc1cccc(OCCNC(=O)C(C)NC(N)=O)c1. The third-order valence-electron chi connectivity index (χ3n) is 2.41. The van der Waals surface area contributed by atoms with E-state index in [2.05, 4.69) is 10.6 Å². The van der Waals surface area contributed by atoms with Crippen LogP contribution in [0.3, 0.4) is 0 Å². The smallest absolute Gasteiger partial charge is 0.312 e. The van der Waals surface area contributed by atoms with Crippen LogP contribution in [0.25, 0.3) is 0 Å². The summed E-state index contributed by atoms with van der Waals surface area (Å²) in [5.41, 5.74) is 6.03. The van der Waals surface area contributed by atoms with Gasteiger partial charge in [-0.1, -0.05) is 12.1 Å². The Labute approximate surface area is 112 Å². The van der Waals surface area contributed by atoms with E-state index in [1.807, 2.05) is 31.2 Å². The molecular formula is C13H19N3O3. The summed E-state index contributed by atoms with van der Waals surface area (Å²) in [5.74, 6) is 0.462. The lowest BCUT2D eigenvalue weighted by molar-refractivity contribution is -0.122. The molecule has 0 radical (unpaired) electrons. The van der Waals surface area contributed by atoms with E-state index in [4.69, 9.17) is 10.5 Å². The number of hydrogen-bond donors (Lipinski definition) is 3. The van der Waals surface area contributed by atoms with Crippen LogP contribution in [-0.4, -0.2) is 31.1 Å². The molecule has 6 heteroatoms. The predicted molar refractivity (Wildman–Crippen MR) is 71.9 cm³/mol. The largest absolute Gasteiger partial charge is 0.492 e. The first-order chi connectivity index (χ1) is 8.99. The van der Waals surface area contributed by atoms with Crippen molar-refractivity contribution in [2.24, 2.45) is 5.73 Å². The van der Waals surface area contributed by atoms with Gasteiger partial charge in [-0.2, -0.15) is 0 Å². The normalized spacial score (nSPS) is 11.5. The summed E-state index contributed by atoms with van der Waals surface area (Å²) in [6.45, 7) is 4.25. The Hall–Kier alpha value is -2.24. The number of amides is 3. The molecular weight excluding hydrogens is 246 g/mol. The van der Waals surface area contributed by atoms with E-state index < -0.39 is 12.1 Å². The first-order valence-corrected chi connectivity index (χ1v) is 6.02. The fourth-order valence-corrected chi connectivity index (χ4v) is 1.48. The Morgan fingerprint density at radius 1 is 1.42 bits per heavy atom. The number of nitrogens with one attached hydrogen (secondary N) is 2. The number of urea groups is 1. The number of rotatable bonds is 6.